The van der Waals surface area contributed by atoms with Crippen LogP contribution in [-0.2, 0) is 11.3 Å². The fourth-order valence-electron chi connectivity index (χ4n) is 2.35. The van der Waals surface area contributed by atoms with Crippen LogP contribution in [0.2, 0.25) is 0 Å². The molecule has 1 aliphatic carbocycles. The van der Waals surface area contributed by atoms with Crippen LogP contribution in [0.3, 0.4) is 0 Å². The third-order valence-electron chi connectivity index (χ3n) is 3.37. The van der Waals surface area contributed by atoms with Crippen LogP contribution in [0.1, 0.15) is 30.0 Å². The SMILES string of the molecule is COCc1ccc(C(CN)NC2CC=CC2)cc1. The number of rotatable bonds is 6. The van der Waals surface area contributed by atoms with Crippen molar-refractivity contribution in [1.29, 1.82) is 0 Å². The summed E-state index contributed by atoms with van der Waals surface area (Å²) in [6.07, 6.45) is 6.68. The van der Waals surface area contributed by atoms with Crippen molar-refractivity contribution in [3.05, 3.63) is 47.5 Å². The molecule has 0 bridgehead atoms. The van der Waals surface area contributed by atoms with E-state index in [2.05, 4.69) is 41.7 Å². The fourth-order valence-corrected chi connectivity index (χ4v) is 2.35. The average molecular weight is 246 g/mol. The normalized spacial score (nSPS) is 17.2. The Morgan fingerprint density at radius 2 is 1.94 bits per heavy atom. The van der Waals surface area contributed by atoms with E-state index in [9.17, 15) is 0 Å². The standard InChI is InChI=1S/C15H22N2O/c1-18-11-12-6-8-13(9-7-12)15(10-16)17-14-4-2-3-5-14/h2-3,6-9,14-15,17H,4-5,10-11,16H2,1H3. The predicted molar refractivity (Wildman–Crippen MR) is 74.2 cm³/mol. The van der Waals surface area contributed by atoms with Gasteiger partial charge in [0.1, 0.15) is 0 Å². The summed E-state index contributed by atoms with van der Waals surface area (Å²) in [7, 11) is 1.71. The van der Waals surface area contributed by atoms with E-state index in [0.29, 0.717) is 19.2 Å². The molecule has 0 aromatic heterocycles. The van der Waals surface area contributed by atoms with Crippen LogP contribution in [0.15, 0.2) is 36.4 Å². The highest BCUT2D eigenvalue weighted by molar-refractivity contribution is 5.25. The second kappa shape index (κ2) is 6.69. The van der Waals surface area contributed by atoms with Gasteiger partial charge in [-0.1, -0.05) is 36.4 Å². The van der Waals surface area contributed by atoms with Crippen LogP contribution in [-0.4, -0.2) is 19.7 Å². The van der Waals surface area contributed by atoms with Gasteiger partial charge in [0.2, 0.25) is 0 Å². The topological polar surface area (TPSA) is 47.3 Å². The van der Waals surface area contributed by atoms with Gasteiger partial charge in [0.05, 0.1) is 6.61 Å². The molecule has 1 aliphatic rings. The molecule has 3 N–H and O–H groups in total. The molecule has 0 fully saturated rings. The van der Waals surface area contributed by atoms with Crippen molar-refractivity contribution in [2.24, 2.45) is 5.73 Å². The first-order valence-corrected chi connectivity index (χ1v) is 6.52. The summed E-state index contributed by atoms with van der Waals surface area (Å²) in [6, 6.07) is 9.28. The molecule has 0 amide bonds. The van der Waals surface area contributed by atoms with E-state index in [1.165, 1.54) is 11.1 Å². The van der Waals surface area contributed by atoms with Crippen molar-refractivity contribution in [3.63, 3.8) is 0 Å². The third kappa shape index (κ3) is 3.42. The van der Waals surface area contributed by atoms with Crippen molar-refractivity contribution in [1.82, 2.24) is 5.32 Å². The van der Waals surface area contributed by atoms with E-state index in [0.717, 1.165) is 12.8 Å². The second-order valence-corrected chi connectivity index (χ2v) is 4.77. The molecule has 1 aromatic rings. The first-order chi connectivity index (χ1) is 8.83. The molecule has 0 saturated heterocycles. The quantitative estimate of drug-likeness (QED) is 0.756. The lowest BCUT2D eigenvalue weighted by molar-refractivity contribution is 0.185. The molecular formula is C15H22N2O. The summed E-state index contributed by atoms with van der Waals surface area (Å²) >= 11 is 0. The number of nitrogens with one attached hydrogen (secondary N) is 1. The molecule has 3 heteroatoms. The van der Waals surface area contributed by atoms with Crippen LogP contribution in [0, 0.1) is 0 Å². The monoisotopic (exact) mass is 246 g/mol. The maximum atomic E-state index is 5.87. The van der Waals surface area contributed by atoms with Crippen molar-refractivity contribution in [2.75, 3.05) is 13.7 Å². The number of hydrogen-bond donors (Lipinski definition) is 2. The zero-order valence-electron chi connectivity index (χ0n) is 10.9. The smallest absolute Gasteiger partial charge is 0.0713 e. The summed E-state index contributed by atoms with van der Waals surface area (Å²) in [4.78, 5) is 0. The van der Waals surface area contributed by atoms with Crippen LogP contribution in [0.25, 0.3) is 0 Å². The number of ether oxygens (including phenoxy) is 1. The van der Waals surface area contributed by atoms with E-state index in [4.69, 9.17) is 10.5 Å². The highest BCUT2D eigenvalue weighted by Crippen LogP contribution is 2.18. The largest absolute Gasteiger partial charge is 0.380 e. The third-order valence-corrected chi connectivity index (χ3v) is 3.37. The number of methoxy groups -OCH3 is 1. The van der Waals surface area contributed by atoms with Crippen LogP contribution >= 0.6 is 0 Å². The fraction of sp³-hybridized carbons (Fsp3) is 0.467. The van der Waals surface area contributed by atoms with Gasteiger partial charge in [-0.2, -0.15) is 0 Å². The average Bonchev–Trinajstić information content (AvgIpc) is 2.90. The Morgan fingerprint density at radius 1 is 1.28 bits per heavy atom. The number of benzene rings is 1. The van der Waals surface area contributed by atoms with Crippen LogP contribution in [0.5, 0.6) is 0 Å². The summed E-state index contributed by atoms with van der Waals surface area (Å²) < 4.78 is 5.11. The summed E-state index contributed by atoms with van der Waals surface area (Å²) in [5.74, 6) is 0. The van der Waals surface area contributed by atoms with Crippen molar-refractivity contribution < 1.29 is 4.74 Å². The maximum absolute atomic E-state index is 5.87. The Bertz CT molecular complexity index is 378. The molecule has 0 saturated carbocycles. The highest BCUT2D eigenvalue weighted by Gasteiger charge is 2.16. The van der Waals surface area contributed by atoms with E-state index in [-0.39, 0.29) is 6.04 Å². The van der Waals surface area contributed by atoms with Crippen molar-refractivity contribution in [3.8, 4) is 0 Å². The van der Waals surface area contributed by atoms with Gasteiger partial charge < -0.3 is 15.8 Å². The predicted octanol–water partition coefficient (Wildman–Crippen LogP) is 2.14. The Labute approximate surface area is 109 Å². The minimum atomic E-state index is 0.242. The number of hydrogen-bond acceptors (Lipinski definition) is 3. The molecular weight excluding hydrogens is 224 g/mol. The first-order valence-electron chi connectivity index (χ1n) is 6.52. The second-order valence-electron chi connectivity index (χ2n) is 4.77. The molecule has 1 aromatic carbocycles. The molecule has 0 aliphatic heterocycles. The lowest BCUT2D eigenvalue weighted by atomic mass is 10.0. The van der Waals surface area contributed by atoms with Gasteiger partial charge >= 0.3 is 0 Å². The van der Waals surface area contributed by atoms with Crippen molar-refractivity contribution >= 4 is 0 Å². The lowest BCUT2D eigenvalue weighted by Gasteiger charge is -2.22. The molecule has 0 radical (unpaired) electrons. The van der Waals surface area contributed by atoms with Crippen LogP contribution in [0.4, 0.5) is 0 Å². The van der Waals surface area contributed by atoms with E-state index in [1.807, 2.05) is 0 Å². The van der Waals surface area contributed by atoms with E-state index in [1.54, 1.807) is 7.11 Å². The Morgan fingerprint density at radius 3 is 2.50 bits per heavy atom. The highest BCUT2D eigenvalue weighted by atomic mass is 16.5. The minimum Gasteiger partial charge on any atom is -0.380 e. The molecule has 3 nitrogen and oxygen atoms in total. The Balaban J connectivity index is 1.97. The van der Waals surface area contributed by atoms with Gasteiger partial charge in [-0.05, 0) is 24.0 Å². The summed E-state index contributed by atoms with van der Waals surface area (Å²) in [5, 5.41) is 3.61. The first kappa shape index (κ1) is 13.3. The van der Waals surface area contributed by atoms with Gasteiger partial charge in [0.15, 0.2) is 0 Å². The van der Waals surface area contributed by atoms with Gasteiger partial charge in [-0.3, -0.25) is 0 Å². The summed E-state index contributed by atoms with van der Waals surface area (Å²) in [5.41, 5.74) is 8.32. The van der Waals surface area contributed by atoms with Gasteiger partial charge in [-0.15, -0.1) is 0 Å². The van der Waals surface area contributed by atoms with Gasteiger partial charge in [0, 0.05) is 25.7 Å². The zero-order chi connectivity index (χ0) is 12.8. The Hall–Kier alpha value is -1.16. The Kier molecular flexibility index (Phi) is 4.93. The maximum Gasteiger partial charge on any atom is 0.0713 e. The molecule has 0 spiro atoms. The van der Waals surface area contributed by atoms with E-state index >= 15 is 0 Å². The molecule has 1 unspecified atom stereocenters. The van der Waals surface area contributed by atoms with Gasteiger partial charge in [0.25, 0.3) is 0 Å². The number of nitrogens with two attached hydrogens (primary N) is 1. The molecule has 98 valence electrons. The van der Waals surface area contributed by atoms with Crippen LogP contribution < -0.4 is 11.1 Å². The zero-order valence-corrected chi connectivity index (χ0v) is 10.9. The lowest BCUT2D eigenvalue weighted by Crippen LogP contribution is -2.35. The van der Waals surface area contributed by atoms with Crippen molar-refractivity contribution in [2.45, 2.75) is 31.5 Å². The molecule has 18 heavy (non-hydrogen) atoms. The van der Waals surface area contributed by atoms with E-state index < -0.39 is 0 Å². The summed E-state index contributed by atoms with van der Waals surface area (Å²) in [6.45, 7) is 1.29. The van der Waals surface area contributed by atoms with Gasteiger partial charge in [-0.25, -0.2) is 0 Å². The molecule has 0 heterocycles. The molecule has 2 rings (SSSR count). The minimum absolute atomic E-state index is 0.242. The molecule has 1 atom stereocenters.